The lowest BCUT2D eigenvalue weighted by Gasteiger charge is -2.26. The van der Waals surface area contributed by atoms with Crippen molar-refractivity contribution in [3.8, 4) is 0 Å². The molecule has 104 valence electrons. The molecule has 19 heavy (non-hydrogen) atoms. The van der Waals surface area contributed by atoms with Gasteiger partial charge in [-0.05, 0) is 50.2 Å². The van der Waals surface area contributed by atoms with Gasteiger partial charge in [-0.2, -0.15) is 0 Å². The molecule has 0 spiro atoms. The molecule has 0 radical (unpaired) electrons. The maximum absolute atomic E-state index is 11.6. The van der Waals surface area contributed by atoms with E-state index >= 15 is 0 Å². The fourth-order valence-electron chi connectivity index (χ4n) is 2.44. The van der Waals surface area contributed by atoms with Crippen LogP contribution in [0.5, 0.6) is 0 Å². The molecule has 1 aromatic rings. The lowest BCUT2D eigenvalue weighted by Crippen LogP contribution is -2.31. The first kappa shape index (κ1) is 14.0. The summed E-state index contributed by atoms with van der Waals surface area (Å²) in [6.45, 7) is 2.97. The van der Waals surface area contributed by atoms with Gasteiger partial charge in [0.15, 0.2) is 0 Å². The first-order valence-electron chi connectivity index (χ1n) is 6.96. The summed E-state index contributed by atoms with van der Waals surface area (Å²) >= 11 is 0. The number of benzene rings is 1. The smallest absolute Gasteiger partial charge is 0.227 e. The Bertz CT molecular complexity index is 445. The Hall–Kier alpha value is -1.39. The van der Waals surface area contributed by atoms with Crippen LogP contribution in [0.3, 0.4) is 0 Å². The van der Waals surface area contributed by atoms with Gasteiger partial charge in [-0.25, -0.2) is 0 Å². The molecule has 1 aromatic carbocycles. The zero-order chi connectivity index (χ0) is 13.7. The van der Waals surface area contributed by atoms with Gasteiger partial charge in [-0.3, -0.25) is 4.79 Å². The molecular formula is C15H23N3O. The topological polar surface area (TPSA) is 44.4 Å². The SMILES string of the molecule is CNCCCNCc1ccc2c(c1)CCC(=O)N2C. The minimum Gasteiger partial charge on any atom is -0.320 e. The Morgan fingerprint density at radius 1 is 1.26 bits per heavy atom. The summed E-state index contributed by atoms with van der Waals surface area (Å²) in [5, 5.41) is 6.58. The van der Waals surface area contributed by atoms with Gasteiger partial charge in [0.05, 0.1) is 0 Å². The van der Waals surface area contributed by atoms with E-state index in [2.05, 4.69) is 28.8 Å². The molecule has 1 aliphatic rings. The van der Waals surface area contributed by atoms with E-state index in [4.69, 9.17) is 0 Å². The lowest BCUT2D eigenvalue weighted by molar-refractivity contribution is -0.118. The molecule has 1 amide bonds. The number of nitrogens with one attached hydrogen (secondary N) is 2. The highest BCUT2D eigenvalue weighted by Gasteiger charge is 2.20. The summed E-state index contributed by atoms with van der Waals surface area (Å²) in [6, 6.07) is 6.40. The van der Waals surface area contributed by atoms with E-state index in [0.717, 1.165) is 38.2 Å². The summed E-state index contributed by atoms with van der Waals surface area (Å²) in [5.41, 5.74) is 3.65. The number of hydrogen-bond acceptors (Lipinski definition) is 3. The van der Waals surface area contributed by atoms with Gasteiger partial charge < -0.3 is 15.5 Å². The highest BCUT2D eigenvalue weighted by Crippen LogP contribution is 2.27. The van der Waals surface area contributed by atoms with E-state index in [1.54, 1.807) is 4.90 Å². The van der Waals surface area contributed by atoms with E-state index in [1.165, 1.54) is 11.1 Å². The number of carbonyl (C=O) groups is 1. The van der Waals surface area contributed by atoms with Gasteiger partial charge in [0.25, 0.3) is 0 Å². The molecular weight excluding hydrogens is 238 g/mol. The van der Waals surface area contributed by atoms with Crippen molar-refractivity contribution in [3.05, 3.63) is 29.3 Å². The zero-order valence-corrected chi connectivity index (χ0v) is 11.8. The van der Waals surface area contributed by atoms with Gasteiger partial charge in [-0.1, -0.05) is 12.1 Å². The number of amides is 1. The summed E-state index contributed by atoms with van der Waals surface area (Å²) in [5.74, 6) is 0.213. The van der Waals surface area contributed by atoms with Crippen LogP contribution < -0.4 is 15.5 Å². The number of hydrogen-bond donors (Lipinski definition) is 2. The Kier molecular flexibility index (Phi) is 4.93. The number of carbonyl (C=O) groups excluding carboxylic acids is 1. The highest BCUT2D eigenvalue weighted by molar-refractivity contribution is 5.95. The van der Waals surface area contributed by atoms with E-state index < -0.39 is 0 Å². The monoisotopic (exact) mass is 261 g/mol. The van der Waals surface area contributed by atoms with Crippen molar-refractivity contribution in [2.45, 2.75) is 25.8 Å². The summed E-state index contributed by atoms with van der Waals surface area (Å²) in [4.78, 5) is 13.4. The van der Waals surface area contributed by atoms with E-state index in [-0.39, 0.29) is 5.91 Å². The molecule has 0 bridgehead atoms. The van der Waals surface area contributed by atoms with Crippen LogP contribution in [0.15, 0.2) is 18.2 Å². The quantitative estimate of drug-likeness (QED) is 0.759. The van der Waals surface area contributed by atoms with Crippen molar-refractivity contribution in [2.75, 3.05) is 32.1 Å². The molecule has 2 N–H and O–H groups in total. The third-order valence-electron chi connectivity index (χ3n) is 3.60. The fourth-order valence-corrected chi connectivity index (χ4v) is 2.44. The van der Waals surface area contributed by atoms with Crippen LogP contribution in [0.25, 0.3) is 0 Å². The molecule has 0 fully saturated rings. The molecule has 4 heteroatoms. The first-order valence-corrected chi connectivity index (χ1v) is 6.96. The van der Waals surface area contributed by atoms with E-state index in [1.807, 2.05) is 14.1 Å². The van der Waals surface area contributed by atoms with E-state index in [0.29, 0.717) is 6.42 Å². The number of nitrogens with zero attached hydrogens (tertiary/aromatic N) is 1. The average molecular weight is 261 g/mol. The van der Waals surface area contributed by atoms with Crippen LogP contribution in [0.2, 0.25) is 0 Å². The van der Waals surface area contributed by atoms with Gasteiger partial charge in [0.2, 0.25) is 5.91 Å². The molecule has 0 aliphatic carbocycles. The average Bonchev–Trinajstić information content (AvgIpc) is 2.43. The number of anilines is 1. The minimum absolute atomic E-state index is 0.213. The fraction of sp³-hybridized carbons (Fsp3) is 0.533. The third-order valence-corrected chi connectivity index (χ3v) is 3.60. The van der Waals surface area contributed by atoms with Crippen LogP contribution in [0.4, 0.5) is 5.69 Å². The van der Waals surface area contributed by atoms with Crippen molar-refractivity contribution in [3.63, 3.8) is 0 Å². The van der Waals surface area contributed by atoms with Crippen LogP contribution in [0.1, 0.15) is 24.0 Å². The Balaban J connectivity index is 1.92. The number of rotatable bonds is 6. The van der Waals surface area contributed by atoms with Crippen molar-refractivity contribution >= 4 is 11.6 Å². The summed E-state index contributed by atoms with van der Waals surface area (Å²) in [6.07, 6.45) is 2.63. The van der Waals surface area contributed by atoms with Crippen molar-refractivity contribution in [1.29, 1.82) is 0 Å². The molecule has 1 aliphatic heterocycles. The second kappa shape index (κ2) is 6.68. The Morgan fingerprint density at radius 2 is 2.11 bits per heavy atom. The van der Waals surface area contributed by atoms with Crippen molar-refractivity contribution in [2.24, 2.45) is 0 Å². The second-order valence-corrected chi connectivity index (χ2v) is 5.05. The van der Waals surface area contributed by atoms with Crippen LogP contribution >= 0.6 is 0 Å². The Morgan fingerprint density at radius 3 is 2.89 bits per heavy atom. The lowest BCUT2D eigenvalue weighted by atomic mass is 9.99. The predicted molar refractivity (Wildman–Crippen MR) is 78.4 cm³/mol. The van der Waals surface area contributed by atoms with Crippen LogP contribution in [-0.2, 0) is 17.8 Å². The van der Waals surface area contributed by atoms with Gasteiger partial charge >= 0.3 is 0 Å². The maximum Gasteiger partial charge on any atom is 0.227 e. The molecule has 0 aromatic heterocycles. The molecule has 2 rings (SSSR count). The highest BCUT2D eigenvalue weighted by atomic mass is 16.2. The summed E-state index contributed by atoms with van der Waals surface area (Å²) in [7, 11) is 3.83. The molecule has 1 heterocycles. The van der Waals surface area contributed by atoms with Crippen molar-refractivity contribution < 1.29 is 4.79 Å². The molecule has 0 atom stereocenters. The zero-order valence-electron chi connectivity index (χ0n) is 11.8. The Labute approximate surface area is 115 Å². The van der Waals surface area contributed by atoms with Crippen LogP contribution in [0, 0.1) is 0 Å². The largest absolute Gasteiger partial charge is 0.320 e. The number of aryl methyl sites for hydroxylation is 1. The molecule has 0 saturated heterocycles. The van der Waals surface area contributed by atoms with Gasteiger partial charge in [0.1, 0.15) is 0 Å². The maximum atomic E-state index is 11.6. The first-order chi connectivity index (χ1) is 9.22. The normalized spacial score (nSPS) is 14.6. The van der Waals surface area contributed by atoms with Gasteiger partial charge in [-0.15, -0.1) is 0 Å². The second-order valence-electron chi connectivity index (χ2n) is 5.05. The van der Waals surface area contributed by atoms with Crippen molar-refractivity contribution in [1.82, 2.24) is 10.6 Å². The summed E-state index contributed by atoms with van der Waals surface area (Å²) < 4.78 is 0. The predicted octanol–water partition coefficient (Wildman–Crippen LogP) is 1.29. The van der Waals surface area contributed by atoms with Crippen LogP contribution in [-0.4, -0.2) is 33.1 Å². The molecule has 0 unspecified atom stereocenters. The molecule has 4 nitrogen and oxygen atoms in total. The van der Waals surface area contributed by atoms with E-state index in [9.17, 15) is 4.79 Å². The number of fused-ring (bicyclic) bond motifs is 1. The molecule has 0 saturated carbocycles. The standard InChI is InChI=1S/C15H23N3O/c1-16-8-3-9-17-11-12-4-6-14-13(10-12)5-7-15(19)18(14)2/h4,6,10,16-17H,3,5,7-9,11H2,1-2H3. The van der Waals surface area contributed by atoms with Gasteiger partial charge in [0, 0.05) is 25.7 Å². The minimum atomic E-state index is 0.213. The third kappa shape index (κ3) is 3.55.